The number of carbonyl (C=O) groups is 2. The summed E-state index contributed by atoms with van der Waals surface area (Å²) in [5.41, 5.74) is 6.11. The highest BCUT2D eigenvalue weighted by Gasteiger charge is 2.43. The topological polar surface area (TPSA) is 51.5 Å². The van der Waals surface area contributed by atoms with Gasteiger partial charge in [-0.3, -0.25) is 4.79 Å². The van der Waals surface area contributed by atoms with Gasteiger partial charge in [-0.05, 0) is 50.1 Å². The molecule has 0 spiro atoms. The number of ketones is 1. The van der Waals surface area contributed by atoms with E-state index in [0.29, 0.717) is 11.3 Å². The van der Waals surface area contributed by atoms with Crippen molar-refractivity contribution in [2.45, 2.75) is 32.4 Å². The Balaban J connectivity index is 1.70. The highest BCUT2D eigenvalue weighted by atomic mass is 16.6. The van der Waals surface area contributed by atoms with Crippen LogP contribution >= 0.6 is 0 Å². The maximum atomic E-state index is 15.0. The summed E-state index contributed by atoms with van der Waals surface area (Å²) in [6.07, 6.45) is -0.468. The van der Waals surface area contributed by atoms with E-state index in [1.54, 1.807) is 4.57 Å². The van der Waals surface area contributed by atoms with Crippen molar-refractivity contribution in [2.75, 3.05) is 4.90 Å². The Kier molecular flexibility index (Phi) is 7.37. The summed E-state index contributed by atoms with van der Waals surface area (Å²) in [6, 6.07) is 46.8. The smallest absolute Gasteiger partial charge is 0.419 e. The minimum absolute atomic E-state index is 0.107. The van der Waals surface area contributed by atoms with Crippen LogP contribution in [-0.2, 0) is 4.74 Å². The maximum Gasteiger partial charge on any atom is 0.419 e. The van der Waals surface area contributed by atoms with Crippen LogP contribution in [0, 0.1) is 0 Å². The molecule has 0 saturated carbocycles. The fourth-order valence-electron chi connectivity index (χ4n) is 6.42. The molecule has 5 aromatic carbocycles. The number of hydrogen-bond acceptors (Lipinski definition) is 4. The highest BCUT2D eigenvalue weighted by molar-refractivity contribution is 6.20. The van der Waals surface area contributed by atoms with Crippen LogP contribution in [0.3, 0.4) is 0 Å². The largest absolute Gasteiger partial charge is 0.443 e. The molecular formula is C41H34N2O3. The summed E-state index contributed by atoms with van der Waals surface area (Å²) >= 11 is 0. The lowest BCUT2D eigenvalue weighted by molar-refractivity contribution is 0.0539. The molecule has 0 N–H and O–H groups in total. The zero-order valence-electron chi connectivity index (χ0n) is 26.1. The molecule has 0 aliphatic carbocycles. The molecular weight excluding hydrogens is 568 g/mol. The van der Waals surface area contributed by atoms with E-state index in [-0.39, 0.29) is 5.78 Å². The Morgan fingerprint density at radius 2 is 1.20 bits per heavy atom. The normalized spacial score (nSPS) is 14.7. The quantitative estimate of drug-likeness (QED) is 0.184. The maximum absolute atomic E-state index is 15.0. The number of fused-ring (bicyclic) bond motifs is 3. The van der Waals surface area contributed by atoms with Crippen LogP contribution in [0.15, 0.2) is 151 Å². The number of para-hydroxylation sites is 2. The molecule has 0 radical (unpaired) electrons. The summed E-state index contributed by atoms with van der Waals surface area (Å²) in [6.45, 7) is 5.62. The Labute approximate surface area is 269 Å². The van der Waals surface area contributed by atoms with Crippen LogP contribution < -0.4 is 4.90 Å². The Hall–Kier alpha value is -5.68. The molecule has 0 amide bonds. The number of allylic oxidation sites excluding steroid dienone is 1. The minimum atomic E-state index is -0.724. The molecule has 1 aliphatic rings. The number of ether oxygens (including phenoxy) is 1. The average Bonchev–Trinajstić information content (AvgIpc) is 3.43. The van der Waals surface area contributed by atoms with E-state index in [2.05, 4.69) is 17.0 Å². The van der Waals surface area contributed by atoms with Gasteiger partial charge in [-0.2, -0.15) is 0 Å². The van der Waals surface area contributed by atoms with Crippen molar-refractivity contribution in [3.05, 3.63) is 179 Å². The molecule has 2 heterocycles. The first kappa shape index (κ1) is 29.1. The lowest BCUT2D eigenvalue weighted by Gasteiger charge is -2.41. The van der Waals surface area contributed by atoms with Crippen molar-refractivity contribution in [1.29, 1.82) is 0 Å². The Morgan fingerprint density at radius 3 is 1.83 bits per heavy atom. The number of anilines is 1. The molecule has 0 saturated heterocycles. The predicted octanol–water partition coefficient (Wildman–Crippen LogP) is 9.68. The second-order valence-electron chi connectivity index (χ2n) is 12.4. The molecule has 5 nitrogen and oxygen atoms in total. The first-order valence-electron chi connectivity index (χ1n) is 15.5. The van der Waals surface area contributed by atoms with Gasteiger partial charge in [0, 0.05) is 27.8 Å². The van der Waals surface area contributed by atoms with Crippen molar-refractivity contribution in [3.8, 4) is 0 Å². The third-order valence-electron chi connectivity index (χ3n) is 8.20. The van der Waals surface area contributed by atoms with E-state index in [4.69, 9.17) is 4.74 Å². The zero-order valence-corrected chi connectivity index (χ0v) is 26.1. The van der Waals surface area contributed by atoms with Crippen LogP contribution in [0.5, 0.6) is 0 Å². The summed E-state index contributed by atoms with van der Waals surface area (Å²) in [5, 5.41) is 0.870. The Bertz CT molecular complexity index is 2070. The van der Waals surface area contributed by atoms with Gasteiger partial charge in [0.05, 0.1) is 16.9 Å². The molecule has 226 valence electrons. The second-order valence-corrected chi connectivity index (χ2v) is 12.4. The predicted molar refractivity (Wildman–Crippen MR) is 184 cm³/mol. The van der Waals surface area contributed by atoms with Crippen molar-refractivity contribution < 1.29 is 14.3 Å². The van der Waals surface area contributed by atoms with Crippen molar-refractivity contribution in [3.63, 3.8) is 0 Å². The fourth-order valence-corrected chi connectivity index (χ4v) is 6.42. The Morgan fingerprint density at radius 1 is 0.652 bits per heavy atom. The highest BCUT2D eigenvalue weighted by Crippen LogP contribution is 2.51. The summed E-state index contributed by atoms with van der Waals surface area (Å²) in [7, 11) is 0. The molecule has 7 rings (SSSR count). The number of nitrogens with zero attached hydrogens (tertiary/aromatic N) is 2. The molecule has 6 aromatic rings. The van der Waals surface area contributed by atoms with Gasteiger partial charge in [0.1, 0.15) is 11.6 Å². The molecule has 46 heavy (non-hydrogen) atoms. The third kappa shape index (κ3) is 5.10. The molecule has 1 atom stereocenters. The van der Waals surface area contributed by atoms with Gasteiger partial charge in [-0.15, -0.1) is 0 Å². The average molecular weight is 603 g/mol. The monoisotopic (exact) mass is 602 g/mol. The molecule has 0 bridgehead atoms. The van der Waals surface area contributed by atoms with Crippen molar-refractivity contribution in [2.24, 2.45) is 0 Å². The number of hydrogen-bond donors (Lipinski definition) is 0. The molecule has 0 unspecified atom stereocenters. The molecule has 5 heteroatoms. The van der Waals surface area contributed by atoms with Crippen LogP contribution in [0.1, 0.15) is 59.6 Å². The number of rotatable bonds is 5. The lowest BCUT2D eigenvalue weighted by Crippen LogP contribution is -2.39. The standard InChI is InChI=1S/C41H34N2O3/c1-41(2,3)46-40(45)43-33-27-17-16-26-32(33)35-34(28-18-8-4-9-19-28)38(39(44)30-22-12-6-13-23-30)42(31-24-14-7-15-25-31)36(37(35)43)29-20-10-5-11-21-29/h4-27,36H,1-3H3/t36-/m1/s1. The summed E-state index contributed by atoms with van der Waals surface area (Å²) < 4.78 is 7.81. The summed E-state index contributed by atoms with van der Waals surface area (Å²) in [5.74, 6) is -0.107. The van der Waals surface area contributed by atoms with E-state index in [1.165, 1.54) is 0 Å². The van der Waals surface area contributed by atoms with Gasteiger partial charge in [0.25, 0.3) is 0 Å². The number of Topliss-reactive ketones (excluding diaryl/α,β-unsaturated/α-hetero) is 1. The van der Waals surface area contributed by atoms with E-state index in [1.807, 2.05) is 154 Å². The van der Waals surface area contributed by atoms with Crippen LogP contribution in [-0.4, -0.2) is 22.0 Å². The van der Waals surface area contributed by atoms with Gasteiger partial charge >= 0.3 is 6.09 Å². The SMILES string of the molecule is CC(C)(C)OC(=O)n1c2c(c3ccccc31)C(c1ccccc1)=C(C(=O)c1ccccc1)N(c1ccccc1)[C@@H]2c1ccccc1. The van der Waals surface area contributed by atoms with Gasteiger partial charge in [-0.25, -0.2) is 9.36 Å². The van der Waals surface area contributed by atoms with E-state index >= 15 is 4.79 Å². The summed E-state index contributed by atoms with van der Waals surface area (Å²) in [4.78, 5) is 31.5. The van der Waals surface area contributed by atoms with E-state index in [0.717, 1.165) is 44.5 Å². The second kappa shape index (κ2) is 11.7. The lowest BCUT2D eigenvalue weighted by atomic mass is 9.82. The van der Waals surface area contributed by atoms with E-state index in [9.17, 15) is 4.79 Å². The zero-order chi connectivity index (χ0) is 31.8. The van der Waals surface area contributed by atoms with Crippen molar-refractivity contribution in [1.82, 2.24) is 4.57 Å². The van der Waals surface area contributed by atoms with Gasteiger partial charge in [0.15, 0.2) is 0 Å². The van der Waals surface area contributed by atoms with Gasteiger partial charge in [0.2, 0.25) is 5.78 Å². The first-order valence-corrected chi connectivity index (χ1v) is 15.5. The number of aromatic nitrogens is 1. The van der Waals surface area contributed by atoms with Gasteiger partial charge in [-0.1, -0.05) is 127 Å². The first-order chi connectivity index (χ1) is 22.3. The van der Waals surface area contributed by atoms with Crippen LogP contribution in [0.2, 0.25) is 0 Å². The van der Waals surface area contributed by atoms with E-state index < -0.39 is 17.7 Å². The number of carbonyl (C=O) groups excluding carboxylic acids is 2. The van der Waals surface area contributed by atoms with Gasteiger partial charge < -0.3 is 9.64 Å². The molecule has 1 aliphatic heterocycles. The van der Waals surface area contributed by atoms with Crippen molar-refractivity contribution >= 4 is 34.0 Å². The third-order valence-corrected chi connectivity index (χ3v) is 8.20. The fraction of sp³-hybridized carbons (Fsp3) is 0.122. The van der Waals surface area contributed by atoms with Crippen LogP contribution in [0.4, 0.5) is 10.5 Å². The van der Waals surface area contributed by atoms with Crippen LogP contribution in [0.25, 0.3) is 16.5 Å². The number of benzene rings is 5. The molecule has 1 aromatic heterocycles. The minimum Gasteiger partial charge on any atom is -0.443 e. The molecule has 0 fully saturated rings.